The van der Waals surface area contributed by atoms with E-state index in [0.717, 1.165) is 39.3 Å². The van der Waals surface area contributed by atoms with Gasteiger partial charge < -0.3 is 4.74 Å². The molecule has 1 aromatic heterocycles. The van der Waals surface area contributed by atoms with Gasteiger partial charge in [-0.05, 0) is 41.5 Å². The number of hydrogen-bond donors (Lipinski definition) is 0. The summed E-state index contributed by atoms with van der Waals surface area (Å²) >= 11 is 2.03. The molecule has 0 N–H and O–H groups in total. The average Bonchev–Trinajstić information content (AvgIpc) is 3.42. The predicted octanol–water partition coefficient (Wildman–Crippen LogP) is 7.48. The first-order chi connectivity index (χ1) is 18.3. The highest BCUT2D eigenvalue weighted by Gasteiger charge is 2.41. The second kappa shape index (κ2) is 11.5. The molecule has 2 heterocycles. The van der Waals surface area contributed by atoms with Gasteiger partial charge in [0.25, 0.3) is 0 Å². The molecule has 1 saturated carbocycles. The van der Waals surface area contributed by atoms with E-state index in [1.165, 1.54) is 53.3 Å². The lowest BCUT2D eigenvalue weighted by molar-refractivity contribution is -0.00597. The fourth-order valence-corrected chi connectivity index (χ4v) is 7.74. The van der Waals surface area contributed by atoms with Gasteiger partial charge in [-0.25, -0.2) is 0 Å². The Balaban J connectivity index is 1.10. The number of hydrogen-bond acceptors (Lipinski definition) is 4. The summed E-state index contributed by atoms with van der Waals surface area (Å²) in [5, 5.41) is 1.41. The van der Waals surface area contributed by atoms with Crippen molar-refractivity contribution >= 4 is 21.4 Å². The summed E-state index contributed by atoms with van der Waals surface area (Å²) in [5.41, 5.74) is 2.68. The summed E-state index contributed by atoms with van der Waals surface area (Å²) in [7, 11) is 0. The molecule has 0 unspecified atom stereocenters. The van der Waals surface area contributed by atoms with E-state index >= 15 is 0 Å². The van der Waals surface area contributed by atoms with Crippen molar-refractivity contribution in [1.29, 1.82) is 0 Å². The van der Waals surface area contributed by atoms with Crippen LogP contribution in [-0.2, 0) is 10.3 Å². The fraction of sp³-hybridized carbons (Fsp3) is 0.394. The zero-order valence-electron chi connectivity index (χ0n) is 21.7. The average molecular weight is 511 g/mol. The van der Waals surface area contributed by atoms with E-state index < -0.39 is 0 Å². The zero-order chi connectivity index (χ0) is 24.9. The molecule has 0 bridgehead atoms. The maximum atomic E-state index is 6.53. The Morgan fingerprint density at radius 3 is 2.00 bits per heavy atom. The summed E-state index contributed by atoms with van der Waals surface area (Å²) in [6, 6.07) is 32.7. The van der Waals surface area contributed by atoms with Crippen molar-refractivity contribution in [3.63, 3.8) is 0 Å². The number of nitrogens with zero attached hydrogens (tertiary/aromatic N) is 2. The molecule has 1 aliphatic carbocycles. The maximum absolute atomic E-state index is 6.53. The zero-order valence-corrected chi connectivity index (χ0v) is 22.5. The third-order valence-corrected chi connectivity index (χ3v) is 9.75. The molecule has 0 atom stereocenters. The first-order valence-corrected chi connectivity index (χ1v) is 14.8. The van der Waals surface area contributed by atoms with E-state index in [4.69, 9.17) is 4.74 Å². The first kappa shape index (κ1) is 24.8. The highest BCUT2D eigenvalue weighted by atomic mass is 32.1. The van der Waals surface area contributed by atoms with Crippen LogP contribution in [0.1, 0.15) is 54.2 Å². The lowest BCUT2D eigenvalue weighted by Gasteiger charge is -2.49. The Kier molecular flexibility index (Phi) is 7.70. The van der Waals surface area contributed by atoms with Gasteiger partial charge in [0, 0.05) is 42.3 Å². The van der Waals surface area contributed by atoms with E-state index in [9.17, 15) is 0 Å². The number of ether oxygens (including phenoxy) is 1. The lowest BCUT2D eigenvalue weighted by Crippen LogP contribution is -2.56. The summed E-state index contributed by atoms with van der Waals surface area (Å²) < 4.78 is 7.96. The molecule has 6 rings (SSSR count). The molecular weight excluding hydrogens is 472 g/mol. The van der Waals surface area contributed by atoms with Crippen molar-refractivity contribution in [2.75, 3.05) is 39.3 Å². The number of thiophene rings is 1. The van der Waals surface area contributed by atoms with Crippen LogP contribution in [0.15, 0.2) is 91.0 Å². The standard InChI is InChI=1S/C33H38N2OS/c1-4-12-27(13-5-1)32(28-14-6-2-7-15-28)36-25-24-34-20-22-35(23-21-34)33(18-10-3-11-19-33)31-26-29-16-8-9-17-30(29)37-31/h1-2,4-9,12-17,26,32H,3,10-11,18-25H2. The first-order valence-electron chi connectivity index (χ1n) is 14.0. The van der Waals surface area contributed by atoms with Gasteiger partial charge in [0.05, 0.1) is 12.1 Å². The van der Waals surface area contributed by atoms with Crippen LogP contribution in [0.2, 0.25) is 0 Å². The van der Waals surface area contributed by atoms with E-state index in [1.807, 2.05) is 11.3 Å². The largest absolute Gasteiger partial charge is 0.367 e. The van der Waals surface area contributed by atoms with Gasteiger partial charge in [0.15, 0.2) is 0 Å². The quantitative estimate of drug-likeness (QED) is 0.244. The molecule has 3 aromatic carbocycles. The normalized spacial score (nSPS) is 18.9. The molecule has 0 spiro atoms. The summed E-state index contributed by atoms with van der Waals surface area (Å²) in [5.74, 6) is 0. The number of rotatable bonds is 8. The summed E-state index contributed by atoms with van der Waals surface area (Å²) in [6.07, 6.45) is 6.68. The van der Waals surface area contributed by atoms with Crippen LogP contribution in [0, 0.1) is 0 Å². The molecule has 0 amide bonds. The minimum Gasteiger partial charge on any atom is -0.367 e. The second-order valence-corrected chi connectivity index (χ2v) is 11.7. The Morgan fingerprint density at radius 2 is 1.35 bits per heavy atom. The molecule has 3 nitrogen and oxygen atoms in total. The molecule has 192 valence electrons. The van der Waals surface area contributed by atoms with Crippen molar-refractivity contribution in [2.45, 2.75) is 43.7 Å². The fourth-order valence-electron chi connectivity index (χ4n) is 6.41. The summed E-state index contributed by atoms with van der Waals surface area (Å²) in [6.45, 7) is 6.27. The van der Waals surface area contributed by atoms with Crippen molar-refractivity contribution in [2.24, 2.45) is 0 Å². The lowest BCUT2D eigenvalue weighted by atomic mass is 9.78. The Bertz CT molecular complexity index is 1180. The SMILES string of the molecule is c1ccc(C(OCCN2CCN(C3(c4cc5ccccc5s4)CCCCC3)CC2)c2ccccc2)cc1. The highest BCUT2D eigenvalue weighted by Crippen LogP contribution is 2.46. The third kappa shape index (κ3) is 5.39. The van der Waals surface area contributed by atoms with Gasteiger partial charge in [0.1, 0.15) is 6.10 Å². The van der Waals surface area contributed by atoms with Crippen molar-refractivity contribution in [1.82, 2.24) is 9.80 Å². The number of benzene rings is 3. The van der Waals surface area contributed by atoms with Crippen LogP contribution in [0.25, 0.3) is 10.1 Å². The molecule has 37 heavy (non-hydrogen) atoms. The Labute approximate surface area is 225 Å². The summed E-state index contributed by atoms with van der Waals surface area (Å²) in [4.78, 5) is 7.04. The third-order valence-electron chi connectivity index (χ3n) is 8.44. The van der Waals surface area contributed by atoms with Crippen molar-refractivity contribution < 1.29 is 4.74 Å². The monoisotopic (exact) mass is 510 g/mol. The minimum absolute atomic E-state index is 0.0119. The molecule has 1 aliphatic heterocycles. The van der Waals surface area contributed by atoms with E-state index in [0.29, 0.717) is 0 Å². The molecule has 2 fully saturated rings. The molecular formula is C33H38N2OS. The van der Waals surface area contributed by atoms with Crippen LogP contribution < -0.4 is 0 Å². The van der Waals surface area contributed by atoms with E-state index in [2.05, 4.69) is 101 Å². The highest BCUT2D eigenvalue weighted by molar-refractivity contribution is 7.19. The van der Waals surface area contributed by atoms with Gasteiger partial charge in [-0.1, -0.05) is 98.1 Å². The number of fused-ring (bicyclic) bond motifs is 1. The van der Waals surface area contributed by atoms with Gasteiger partial charge in [0.2, 0.25) is 0 Å². The van der Waals surface area contributed by atoms with Gasteiger partial charge in [-0.2, -0.15) is 0 Å². The predicted molar refractivity (Wildman–Crippen MR) is 155 cm³/mol. The van der Waals surface area contributed by atoms with E-state index in [-0.39, 0.29) is 11.6 Å². The minimum atomic E-state index is -0.0119. The Morgan fingerprint density at radius 1 is 0.730 bits per heavy atom. The molecule has 4 aromatic rings. The van der Waals surface area contributed by atoms with Crippen LogP contribution in [0.4, 0.5) is 0 Å². The van der Waals surface area contributed by atoms with Gasteiger partial charge in [-0.15, -0.1) is 11.3 Å². The second-order valence-electron chi connectivity index (χ2n) is 10.6. The van der Waals surface area contributed by atoms with Crippen LogP contribution in [-0.4, -0.2) is 49.1 Å². The topological polar surface area (TPSA) is 15.7 Å². The van der Waals surface area contributed by atoms with Gasteiger partial charge >= 0.3 is 0 Å². The van der Waals surface area contributed by atoms with E-state index in [1.54, 1.807) is 4.88 Å². The molecule has 1 saturated heterocycles. The molecule has 4 heteroatoms. The number of piperazine rings is 1. The van der Waals surface area contributed by atoms with Crippen LogP contribution in [0.3, 0.4) is 0 Å². The Hall–Kier alpha value is -2.50. The molecule has 0 radical (unpaired) electrons. The maximum Gasteiger partial charge on any atom is 0.108 e. The smallest absolute Gasteiger partial charge is 0.108 e. The van der Waals surface area contributed by atoms with Crippen LogP contribution >= 0.6 is 11.3 Å². The molecule has 2 aliphatic rings. The van der Waals surface area contributed by atoms with Crippen LogP contribution in [0.5, 0.6) is 0 Å². The van der Waals surface area contributed by atoms with Crippen molar-refractivity contribution in [3.8, 4) is 0 Å². The van der Waals surface area contributed by atoms with Crippen molar-refractivity contribution in [3.05, 3.63) is 107 Å². The van der Waals surface area contributed by atoms with Gasteiger partial charge in [-0.3, -0.25) is 9.80 Å².